The molecule has 2 heterocycles. The maximum Gasteiger partial charge on any atom is 0.265 e. The summed E-state index contributed by atoms with van der Waals surface area (Å²) >= 11 is 5.92. The maximum absolute atomic E-state index is 12.4. The largest absolute Gasteiger partial charge is 0.478 e. The van der Waals surface area contributed by atoms with Crippen molar-refractivity contribution >= 4 is 23.2 Å². The molecule has 0 saturated heterocycles. The van der Waals surface area contributed by atoms with Crippen LogP contribution in [0.25, 0.3) is 11.1 Å². The monoisotopic (exact) mass is 368 g/mol. The standard InChI is InChI=1S/C20H17ClN2O3/c1-11-19(12(2)26-23-11)14-5-8-16-17(10-14)25-18(20(24)22-16)9-13-3-6-15(21)7-4-13/h3-8,10,18H,9H2,1-2H3,(H,22,24). The van der Waals surface area contributed by atoms with Crippen molar-refractivity contribution < 1.29 is 14.1 Å². The highest BCUT2D eigenvalue weighted by Gasteiger charge is 2.28. The number of halogens is 1. The van der Waals surface area contributed by atoms with E-state index < -0.39 is 6.10 Å². The van der Waals surface area contributed by atoms with Gasteiger partial charge < -0.3 is 14.6 Å². The molecule has 0 saturated carbocycles. The number of nitrogens with one attached hydrogen (secondary N) is 1. The second kappa shape index (κ2) is 6.50. The van der Waals surface area contributed by atoms with Gasteiger partial charge in [0.05, 0.1) is 11.4 Å². The van der Waals surface area contributed by atoms with Crippen LogP contribution >= 0.6 is 11.6 Å². The number of ether oxygens (including phenoxy) is 1. The molecule has 4 rings (SSSR count). The molecule has 0 aliphatic carbocycles. The van der Waals surface area contributed by atoms with Crippen molar-refractivity contribution in [2.45, 2.75) is 26.4 Å². The molecular weight excluding hydrogens is 352 g/mol. The zero-order chi connectivity index (χ0) is 18.3. The van der Waals surface area contributed by atoms with Crippen LogP contribution in [0.2, 0.25) is 5.02 Å². The summed E-state index contributed by atoms with van der Waals surface area (Å²) in [7, 11) is 0. The third kappa shape index (κ3) is 3.06. The van der Waals surface area contributed by atoms with Crippen molar-refractivity contribution in [1.29, 1.82) is 0 Å². The molecular formula is C20H17ClN2O3. The molecule has 132 valence electrons. The van der Waals surface area contributed by atoms with E-state index in [4.69, 9.17) is 20.9 Å². The van der Waals surface area contributed by atoms with Crippen molar-refractivity contribution in [1.82, 2.24) is 5.16 Å². The Labute approximate surface area is 155 Å². The summed E-state index contributed by atoms with van der Waals surface area (Å²) in [6.45, 7) is 3.78. The molecule has 1 aliphatic heterocycles. The van der Waals surface area contributed by atoms with E-state index in [1.165, 1.54) is 0 Å². The molecule has 1 aromatic heterocycles. The van der Waals surface area contributed by atoms with E-state index >= 15 is 0 Å². The molecule has 6 heteroatoms. The third-order valence-corrected chi connectivity index (χ3v) is 4.71. The summed E-state index contributed by atoms with van der Waals surface area (Å²) in [6.07, 6.45) is -0.124. The lowest BCUT2D eigenvalue weighted by atomic mass is 10.0. The van der Waals surface area contributed by atoms with Gasteiger partial charge in [0.1, 0.15) is 11.5 Å². The summed E-state index contributed by atoms with van der Waals surface area (Å²) in [5, 5.41) is 7.58. The van der Waals surface area contributed by atoms with Gasteiger partial charge >= 0.3 is 0 Å². The van der Waals surface area contributed by atoms with E-state index in [1.54, 1.807) is 12.1 Å². The molecule has 26 heavy (non-hydrogen) atoms. The summed E-state index contributed by atoms with van der Waals surface area (Å²) in [5.74, 6) is 1.23. The highest BCUT2D eigenvalue weighted by molar-refractivity contribution is 6.30. The van der Waals surface area contributed by atoms with Crippen LogP contribution in [0, 0.1) is 13.8 Å². The molecule has 0 fully saturated rings. The van der Waals surface area contributed by atoms with Gasteiger partial charge in [-0.2, -0.15) is 0 Å². The minimum Gasteiger partial charge on any atom is -0.478 e. The second-order valence-corrected chi connectivity index (χ2v) is 6.77. The third-order valence-electron chi connectivity index (χ3n) is 4.46. The molecule has 0 bridgehead atoms. The highest BCUT2D eigenvalue weighted by Crippen LogP contribution is 2.36. The van der Waals surface area contributed by atoms with Crippen LogP contribution < -0.4 is 10.1 Å². The van der Waals surface area contributed by atoms with Gasteiger partial charge in [-0.1, -0.05) is 35.0 Å². The van der Waals surface area contributed by atoms with Crippen molar-refractivity contribution in [2.24, 2.45) is 0 Å². The van der Waals surface area contributed by atoms with Gasteiger partial charge in [-0.15, -0.1) is 0 Å². The number of nitrogens with zero attached hydrogens (tertiary/aromatic N) is 1. The average Bonchev–Trinajstić information content (AvgIpc) is 2.96. The molecule has 3 aromatic rings. The summed E-state index contributed by atoms with van der Waals surface area (Å²) in [5.41, 5.74) is 4.36. The van der Waals surface area contributed by atoms with E-state index in [9.17, 15) is 4.79 Å². The zero-order valence-electron chi connectivity index (χ0n) is 14.4. The first kappa shape index (κ1) is 16.7. The quantitative estimate of drug-likeness (QED) is 0.736. The molecule has 0 spiro atoms. The van der Waals surface area contributed by atoms with Gasteiger partial charge in [-0.3, -0.25) is 4.79 Å². The Hall–Kier alpha value is -2.79. The van der Waals surface area contributed by atoms with E-state index in [-0.39, 0.29) is 5.91 Å². The minimum atomic E-state index is -0.594. The number of carbonyl (C=O) groups is 1. The number of aromatic nitrogens is 1. The lowest BCUT2D eigenvalue weighted by Crippen LogP contribution is -2.38. The Bertz CT molecular complexity index is 960. The first-order valence-electron chi connectivity index (χ1n) is 8.30. The van der Waals surface area contributed by atoms with Crippen LogP contribution in [0.1, 0.15) is 17.0 Å². The number of amides is 1. The fourth-order valence-corrected chi connectivity index (χ4v) is 3.29. The summed E-state index contributed by atoms with van der Waals surface area (Å²) < 4.78 is 11.3. The van der Waals surface area contributed by atoms with E-state index in [2.05, 4.69) is 10.5 Å². The van der Waals surface area contributed by atoms with Crippen LogP contribution in [0.3, 0.4) is 0 Å². The number of hydrogen-bond acceptors (Lipinski definition) is 4. The smallest absolute Gasteiger partial charge is 0.265 e. The van der Waals surface area contributed by atoms with E-state index in [0.29, 0.717) is 22.9 Å². The Morgan fingerprint density at radius 1 is 1.15 bits per heavy atom. The molecule has 1 unspecified atom stereocenters. The Morgan fingerprint density at radius 2 is 1.92 bits per heavy atom. The van der Waals surface area contributed by atoms with Crippen molar-refractivity contribution in [3.8, 4) is 16.9 Å². The number of benzene rings is 2. The van der Waals surface area contributed by atoms with Crippen molar-refractivity contribution in [3.05, 3.63) is 64.5 Å². The van der Waals surface area contributed by atoms with Gasteiger partial charge in [0.15, 0.2) is 6.10 Å². The van der Waals surface area contributed by atoms with Crippen LogP contribution in [0.5, 0.6) is 5.75 Å². The molecule has 0 radical (unpaired) electrons. The number of carbonyl (C=O) groups excluding carboxylic acids is 1. The molecule has 1 atom stereocenters. The van der Waals surface area contributed by atoms with Crippen molar-refractivity contribution in [3.63, 3.8) is 0 Å². The van der Waals surface area contributed by atoms with E-state index in [0.717, 1.165) is 28.1 Å². The predicted octanol–water partition coefficient (Wildman–Crippen LogP) is 4.55. The van der Waals surface area contributed by atoms with Crippen LogP contribution in [-0.4, -0.2) is 17.2 Å². The average molecular weight is 369 g/mol. The molecule has 1 N–H and O–H groups in total. The molecule has 1 aliphatic rings. The van der Waals surface area contributed by atoms with Gasteiger partial charge in [0, 0.05) is 17.0 Å². The fraction of sp³-hybridized carbons (Fsp3) is 0.200. The summed E-state index contributed by atoms with van der Waals surface area (Å²) in [4.78, 5) is 12.4. The first-order chi connectivity index (χ1) is 12.5. The number of fused-ring (bicyclic) bond motifs is 1. The van der Waals surface area contributed by atoms with E-state index in [1.807, 2.05) is 44.2 Å². The number of anilines is 1. The van der Waals surface area contributed by atoms with Gasteiger partial charge in [-0.25, -0.2) is 0 Å². The number of hydrogen-bond donors (Lipinski definition) is 1. The second-order valence-electron chi connectivity index (χ2n) is 6.34. The van der Waals surface area contributed by atoms with Gasteiger partial charge in [0.25, 0.3) is 5.91 Å². The first-order valence-corrected chi connectivity index (χ1v) is 8.68. The van der Waals surface area contributed by atoms with Crippen LogP contribution in [-0.2, 0) is 11.2 Å². The minimum absolute atomic E-state index is 0.155. The fourth-order valence-electron chi connectivity index (χ4n) is 3.16. The molecule has 5 nitrogen and oxygen atoms in total. The lowest BCUT2D eigenvalue weighted by molar-refractivity contribution is -0.123. The Balaban J connectivity index is 1.62. The van der Waals surface area contributed by atoms with Crippen LogP contribution in [0.15, 0.2) is 47.0 Å². The lowest BCUT2D eigenvalue weighted by Gasteiger charge is -2.26. The predicted molar refractivity (Wildman–Crippen MR) is 99.6 cm³/mol. The van der Waals surface area contributed by atoms with Crippen LogP contribution in [0.4, 0.5) is 5.69 Å². The topological polar surface area (TPSA) is 64.4 Å². The van der Waals surface area contributed by atoms with Gasteiger partial charge in [0.2, 0.25) is 0 Å². The molecule has 2 aromatic carbocycles. The summed E-state index contributed by atoms with van der Waals surface area (Å²) in [6, 6.07) is 13.1. The highest BCUT2D eigenvalue weighted by atomic mass is 35.5. The number of aryl methyl sites for hydroxylation is 2. The zero-order valence-corrected chi connectivity index (χ0v) is 15.1. The maximum atomic E-state index is 12.4. The van der Waals surface area contributed by atoms with Gasteiger partial charge in [-0.05, 0) is 49.2 Å². The SMILES string of the molecule is Cc1noc(C)c1-c1ccc2c(c1)OC(Cc1ccc(Cl)cc1)C(=O)N2. The Morgan fingerprint density at radius 3 is 2.62 bits per heavy atom. The number of rotatable bonds is 3. The normalized spacial score (nSPS) is 16.0. The van der Waals surface area contributed by atoms with Crippen molar-refractivity contribution in [2.75, 3.05) is 5.32 Å². The Kier molecular flexibility index (Phi) is 4.17. The molecule has 1 amide bonds.